The number of hydrogen-bond acceptors (Lipinski definition) is 6. The molecule has 0 spiro atoms. The first kappa shape index (κ1) is 23.1. The molecule has 0 unspecified atom stereocenters. The Kier molecular flexibility index (Phi) is 8.23. The molecule has 162 valence electrons. The molecule has 12 heteroatoms. The Morgan fingerprint density at radius 1 is 1.40 bits per heavy atom. The lowest BCUT2D eigenvalue weighted by Crippen LogP contribution is -2.40. The van der Waals surface area contributed by atoms with Crippen LogP contribution < -0.4 is 15.5 Å². The van der Waals surface area contributed by atoms with Crippen molar-refractivity contribution in [2.24, 2.45) is 9.50 Å². The number of hydrogen-bond donors (Lipinski definition) is 2. The topological polar surface area (TPSA) is 87.8 Å². The van der Waals surface area contributed by atoms with Crippen LogP contribution in [0.1, 0.15) is 37.0 Å². The Bertz CT molecular complexity index is 1080. The number of nitrogens with zero attached hydrogens (tertiary/aromatic N) is 3. The van der Waals surface area contributed by atoms with Gasteiger partial charge in [-0.25, -0.2) is 0 Å². The molecule has 0 aromatic carbocycles. The van der Waals surface area contributed by atoms with Crippen molar-refractivity contribution in [2.75, 3.05) is 0 Å². The van der Waals surface area contributed by atoms with Gasteiger partial charge in [-0.1, -0.05) is 54.3 Å². The lowest BCUT2D eigenvalue weighted by Gasteiger charge is -2.23. The highest BCUT2D eigenvalue weighted by molar-refractivity contribution is 7.92. The fraction of sp³-hybridized carbons (Fsp3) is 0.389. The molecule has 0 bridgehead atoms. The fourth-order valence-electron chi connectivity index (χ4n) is 3.02. The van der Waals surface area contributed by atoms with Gasteiger partial charge in [-0.05, 0) is 36.5 Å². The van der Waals surface area contributed by atoms with Gasteiger partial charge in [0.1, 0.15) is 9.36 Å². The summed E-state index contributed by atoms with van der Waals surface area (Å²) in [5, 5.41) is 9.89. The third-order valence-corrected chi connectivity index (χ3v) is 8.92. The van der Waals surface area contributed by atoms with Gasteiger partial charge in [0.2, 0.25) is 4.80 Å². The second-order valence-corrected chi connectivity index (χ2v) is 11.2. The third-order valence-electron chi connectivity index (χ3n) is 4.42. The van der Waals surface area contributed by atoms with Crippen molar-refractivity contribution >= 4 is 67.8 Å². The molecule has 1 aliphatic carbocycles. The van der Waals surface area contributed by atoms with Crippen LogP contribution >= 0.6 is 46.5 Å². The molecule has 0 saturated heterocycles. The molecule has 2 N–H and O–H groups in total. The monoisotopic (exact) mass is 503 g/mol. The highest BCUT2D eigenvalue weighted by Gasteiger charge is 2.17. The number of halogens is 1. The fourth-order valence-corrected chi connectivity index (χ4v) is 6.68. The minimum absolute atomic E-state index is 0.174. The van der Waals surface area contributed by atoms with Crippen molar-refractivity contribution in [1.82, 2.24) is 15.3 Å². The molecule has 2 aromatic heterocycles. The van der Waals surface area contributed by atoms with Gasteiger partial charge in [0, 0.05) is 12.6 Å². The van der Waals surface area contributed by atoms with E-state index in [1.54, 1.807) is 22.1 Å². The van der Waals surface area contributed by atoms with E-state index in [1.165, 1.54) is 31.5 Å². The van der Waals surface area contributed by atoms with Gasteiger partial charge in [-0.2, -0.15) is 13.5 Å². The summed E-state index contributed by atoms with van der Waals surface area (Å²) < 4.78 is 30.8. The summed E-state index contributed by atoms with van der Waals surface area (Å²) in [6, 6.07) is 3.56. The largest absolute Gasteiger partial charge is 0.359 e. The first-order chi connectivity index (χ1) is 14.4. The summed E-state index contributed by atoms with van der Waals surface area (Å²) in [5.74, 6) is 0. The zero-order chi connectivity index (χ0) is 21.6. The number of hydrazone groups is 1. The summed E-state index contributed by atoms with van der Waals surface area (Å²) in [5.41, 5.74) is 2.80. The van der Waals surface area contributed by atoms with Crippen LogP contribution in [0.3, 0.4) is 0 Å². The second kappa shape index (κ2) is 10.7. The van der Waals surface area contributed by atoms with Crippen molar-refractivity contribution in [2.45, 2.75) is 48.9 Å². The number of aromatic nitrogens is 1. The Labute approximate surface area is 194 Å². The molecule has 1 saturated carbocycles. The summed E-state index contributed by atoms with van der Waals surface area (Å²) in [4.78, 5) is 0.810. The molecule has 0 aliphatic heterocycles. The van der Waals surface area contributed by atoms with Crippen LogP contribution in [0.15, 0.2) is 43.9 Å². The number of allylic oxidation sites excluding steroid dienone is 1. The van der Waals surface area contributed by atoms with Gasteiger partial charge < -0.3 is 9.88 Å². The minimum Gasteiger partial charge on any atom is -0.359 e. The van der Waals surface area contributed by atoms with E-state index in [9.17, 15) is 8.42 Å². The Hall–Kier alpha value is -1.53. The van der Waals surface area contributed by atoms with E-state index in [4.69, 9.17) is 23.8 Å². The number of nitrogens with one attached hydrogen (secondary N) is 2. The summed E-state index contributed by atoms with van der Waals surface area (Å²) in [7, 11) is -3.82. The minimum atomic E-state index is -3.82. The summed E-state index contributed by atoms with van der Waals surface area (Å²) in [6.45, 7) is 4.02. The van der Waals surface area contributed by atoms with Gasteiger partial charge in [0.05, 0.1) is 11.1 Å². The van der Waals surface area contributed by atoms with Crippen molar-refractivity contribution in [3.05, 3.63) is 45.0 Å². The van der Waals surface area contributed by atoms with E-state index in [0.717, 1.165) is 35.5 Å². The molecule has 2 aromatic rings. The van der Waals surface area contributed by atoms with E-state index >= 15 is 0 Å². The quantitative estimate of drug-likeness (QED) is 0.259. The predicted octanol–water partition coefficient (Wildman–Crippen LogP) is 3.87. The lowest BCUT2D eigenvalue weighted by atomic mass is 9.96. The van der Waals surface area contributed by atoms with Crippen molar-refractivity contribution < 1.29 is 8.42 Å². The molecule has 1 fully saturated rings. The van der Waals surface area contributed by atoms with Gasteiger partial charge >= 0.3 is 0 Å². The SMILES string of the molecule is C=CCn1c(Cl)c(/C=N\NC(=S)NC2CCCCC2)sc1=NS(=O)(=O)c1cccs1. The maximum Gasteiger partial charge on any atom is 0.294 e. The molecule has 0 amide bonds. The van der Waals surface area contributed by atoms with Gasteiger partial charge in [0.25, 0.3) is 10.0 Å². The third kappa shape index (κ3) is 6.01. The second-order valence-electron chi connectivity index (χ2n) is 6.62. The Balaban J connectivity index is 1.78. The number of thiazole rings is 1. The van der Waals surface area contributed by atoms with E-state index in [2.05, 4.69) is 26.8 Å². The van der Waals surface area contributed by atoms with Crippen molar-refractivity contribution in [3.63, 3.8) is 0 Å². The van der Waals surface area contributed by atoms with Crippen LogP contribution in [-0.2, 0) is 16.6 Å². The molecule has 3 rings (SSSR count). The van der Waals surface area contributed by atoms with E-state index < -0.39 is 10.0 Å². The van der Waals surface area contributed by atoms with Crippen molar-refractivity contribution in [3.8, 4) is 0 Å². The van der Waals surface area contributed by atoms with Crippen LogP contribution in [0, 0.1) is 0 Å². The van der Waals surface area contributed by atoms with Gasteiger partial charge in [-0.15, -0.1) is 22.3 Å². The zero-order valence-corrected chi connectivity index (χ0v) is 20.1. The van der Waals surface area contributed by atoms with E-state index in [-0.39, 0.29) is 9.01 Å². The average Bonchev–Trinajstić information content (AvgIpc) is 3.34. The van der Waals surface area contributed by atoms with Crippen LogP contribution in [-0.4, -0.2) is 30.4 Å². The molecule has 0 atom stereocenters. The maximum absolute atomic E-state index is 12.5. The molecule has 0 radical (unpaired) electrons. The maximum atomic E-state index is 12.5. The highest BCUT2D eigenvalue weighted by Crippen LogP contribution is 2.21. The van der Waals surface area contributed by atoms with E-state index in [1.807, 2.05) is 0 Å². The van der Waals surface area contributed by atoms with Crippen LogP contribution in [0.2, 0.25) is 5.15 Å². The van der Waals surface area contributed by atoms with Gasteiger partial charge in [0.15, 0.2) is 5.11 Å². The first-order valence-corrected chi connectivity index (χ1v) is 13.3. The first-order valence-electron chi connectivity index (χ1n) is 9.35. The standard InChI is InChI=1S/C18H22ClN5O2S4/c1-2-10-24-16(19)14(12-20-22-17(27)21-13-7-4-3-5-8-13)29-18(24)23-30(25,26)15-9-6-11-28-15/h2,6,9,11-13H,1,3-5,7-8,10H2,(H2,21,22,27)/b20-12-,23-18?. The number of rotatable bonds is 7. The Morgan fingerprint density at radius 2 is 2.17 bits per heavy atom. The number of thiocarbonyl (C=S) groups is 1. The summed E-state index contributed by atoms with van der Waals surface area (Å²) >= 11 is 14.0. The van der Waals surface area contributed by atoms with Crippen LogP contribution in [0.4, 0.5) is 0 Å². The normalized spacial score (nSPS) is 16.1. The molecule has 7 nitrogen and oxygen atoms in total. The molecular weight excluding hydrogens is 482 g/mol. The molecule has 2 heterocycles. The zero-order valence-electron chi connectivity index (χ0n) is 16.1. The average molecular weight is 504 g/mol. The van der Waals surface area contributed by atoms with Crippen LogP contribution in [0.25, 0.3) is 0 Å². The molecule has 1 aliphatic rings. The van der Waals surface area contributed by atoms with Gasteiger partial charge in [-0.3, -0.25) is 5.43 Å². The number of thiophene rings is 1. The lowest BCUT2D eigenvalue weighted by molar-refractivity contribution is 0.412. The van der Waals surface area contributed by atoms with Crippen LogP contribution in [0.5, 0.6) is 0 Å². The summed E-state index contributed by atoms with van der Waals surface area (Å²) in [6.07, 6.45) is 9.03. The predicted molar refractivity (Wildman–Crippen MR) is 128 cm³/mol. The highest BCUT2D eigenvalue weighted by atomic mass is 35.5. The van der Waals surface area contributed by atoms with Crippen molar-refractivity contribution in [1.29, 1.82) is 0 Å². The molecule has 30 heavy (non-hydrogen) atoms. The van der Waals surface area contributed by atoms with E-state index in [0.29, 0.717) is 27.7 Å². The number of sulfonamides is 1. The molecular formula is C18H22ClN5O2S4. The Morgan fingerprint density at radius 3 is 2.83 bits per heavy atom. The smallest absolute Gasteiger partial charge is 0.294 e.